The van der Waals surface area contributed by atoms with Crippen molar-refractivity contribution in [2.75, 3.05) is 7.11 Å². The minimum Gasteiger partial charge on any atom is -0.466 e. The molecule has 5 nitrogen and oxygen atoms in total. The number of hydrogen-bond acceptors (Lipinski definition) is 5. The molecular weight excluding hydrogens is 152 g/mol. The van der Waals surface area contributed by atoms with Crippen LogP contribution in [0.5, 0.6) is 0 Å². The highest BCUT2D eigenvalue weighted by atomic mass is 16.8. The lowest BCUT2D eigenvalue weighted by molar-refractivity contribution is -0.150. The van der Waals surface area contributed by atoms with E-state index in [0.29, 0.717) is 0 Å². The number of cyclic esters (lactones) is 2. The molecule has 0 bridgehead atoms. The van der Waals surface area contributed by atoms with Crippen molar-refractivity contribution in [2.24, 2.45) is 0 Å². The van der Waals surface area contributed by atoms with Crippen LogP contribution < -0.4 is 0 Å². The molecule has 1 aliphatic heterocycles. The molecule has 0 aromatic rings. The van der Waals surface area contributed by atoms with E-state index in [4.69, 9.17) is 0 Å². The van der Waals surface area contributed by atoms with Crippen molar-refractivity contribution >= 4 is 12.1 Å². The van der Waals surface area contributed by atoms with Gasteiger partial charge in [-0.1, -0.05) is 0 Å². The summed E-state index contributed by atoms with van der Waals surface area (Å²) in [5, 5.41) is 0. The van der Waals surface area contributed by atoms with Gasteiger partial charge in [0.2, 0.25) is 6.10 Å². The summed E-state index contributed by atoms with van der Waals surface area (Å²) in [6.07, 6.45) is -2.30. The zero-order chi connectivity index (χ0) is 8.43. The SMILES string of the molecule is COC(=O)[C@@H]1OC(=O)O[C@H]1C. The van der Waals surface area contributed by atoms with E-state index in [-0.39, 0.29) is 0 Å². The van der Waals surface area contributed by atoms with Crippen LogP contribution in [0.4, 0.5) is 4.79 Å². The van der Waals surface area contributed by atoms with Crippen molar-refractivity contribution in [1.82, 2.24) is 0 Å². The van der Waals surface area contributed by atoms with E-state index in [9.17, 15) is 9.59 Å². The minimum absolute atomic E-state index is 0.560. The van der Waals surface area contributed by atoms with Gasteiger partial charge in [-0.25, -0.2) is 9.59 Å². The Labute approximate surface area is 63.2 Å². The molecule has 0 N–H and O–H groups in total. The zero-order valence-electron chi connectivity index (χ0n) is 6.20. The number of ether oxygens (including phenoxy) is 3. The van der Waals surface area contributed by atoms with E-state index < -0.39 is 24.3 Å². The number of rotatable bonds is 1. The third kappa shape index (κ3) is 1.42. The predicted octanol–water partition coefficient (Wildman–Crippen LogP) is 0.0833. The molecule has 1 aliphatic rings. The van der Waals surface area contributed by atoms with Gasteiger partial charge in [0.1, 0.15) is 0 Å². The summed E-state index contributed by atoms with van der Waals surface area (Å²) < 4.78 is 13.4. The van der Waals surface area contributed by atoms with E-state index in [1.807, 2.05) is 0 Å². The van der Waals surface area contributed by atoms with Gasteiger partial charge in [0.05, 0.1) is 7.11 Å². The van der Waals surface area contributed by atoms with Crippen LogP contribution in [0.2, 0.25) is 0 Å². The maximum atomic E-state index is 10.8. The molecule has 0 spiro atoms. The monoisotopic (exact) mass is 160 g/mol. The van der Waals surface area contributed by atoms with Crippen molar-refractivity contribution in [3.63, 3.8) is 0 Å². The summed E-state index contributed by atoms with van der Waals surface area (Å²) in [6, 6.07) is 0. The summed E-state index contributed by atoms with van der Waals surface area (Å²) in [5.74, 6) is -0.594. The number of hydrogen-bond donors (Lipinski definition) is 0. The van der Waals surface area contributed by atoms with Crippen LogP contribution in [0, 0.1) is 0 Å². The molecule has 5 heteroatoms. The molecule has 1 rings (SSSR count). The number of methoxy groups -OCH3 is 1. The van der Waals surface area contributed by atoms with Crippen LogP contribution in [0.1, 0.15) is 6.92 Å². The molecule has 11 heavy (non-hydrogen) atoms. The van der Waals surface area contributed by atoms with Gasteiger partial charge in [0.15, 0.2) is 6.10 Å². The van der Waals surface area contributed by atoms with Crippen molar-refractivity contribution in [3.8, 4) is 0 Å². The fourth-order valence-corrected chi connectivity index (χ4v) is 0.797. The molecule has 0 aromatic carbocycles. The molecule has 0 aliphatic carbocycles. The molecule has 1 heterocycles. The first-order valence-corrected chi connectivity index (χ1v) is 3.10. The van der Waals surface area contributed by atoms with Crippen molar-refractivity contribution < 1.29 is 23.8 Å². The fraction of sp³-hybridized carbons (Fsp3) is 0.667. The smallest absolute Gasteiger partial charge is 0.466 e. The van der Waals surface area contributed by atoms with Gasteiger partial charge in [0.25, 0.3) is 0 Å². The normalized spacial score (nSPS) is 29.1. The Morgan fingerprint density at radius 3 is 2.55 bits per heavy atom. The summed E-state index contributed by atoms with van der Waals surface area (Å²) in [6.45, 7) is 1.56. The lowest BCUT2D eigenvalue weighted by atomic mass is 10.2. The molecule has 62 valence electrons. The molecule has 0 unspecified atom stereocenters. The Kier molecular flexibility index (Phi) is 1.98. The second-order valence-electron chi connectivity index (χ2n) is 2.13. The first-order valence-electron chi connectivity index (χ1n) is 3.10. The van der Waals surface area contributed by atoms with Gasteiger partial charge in [-0.15, -0.1) is 0 Å². The molecule has 2 atom stereocenters. The lowest BCUT2D eigenvalue weighted by Crippen LogP contribution is -2.30. The van der Waals surface area contributed by atoms with Gasteiger partial charge < -0.3 is 14.2 Å². The third-order valence-corrected chi connectivity index (χ3v) is 1.37. The highest BCUT2D eigenvalue weighted by molar-refractivity contribution is 5.80. The van der Waals surface area contributed by atoms with Crippen LogP contribution in [0.25, 0.3) is 0 Å². The molecule has 1 fully saturated rings. The first-order chi connectivity index (χ1) is 5.15. The standard InChI is InChI=1S/C6H8O5/c1-3-4(5(7)9-2)11-6(8)10-3/h3-4H,1-2H3/t3-,4+/m0/s1. The summed E-state index contributed by atoms with van der Waals surface area (Å²) in [4.78, 5) is 21.2. The number of carbonyl (C=O) groups is 2. The molecule has 1 saturated heterocycles. The highest BCUT2D eigenvalue weighted by Crippen LogP contribution is 2.15. The number of carbonyl (C=O) groups excluding carboxylic acids is 2. The van der Waals surface area contributed by atoms with Gasteiger partial charge in [-0.3, -0.25) is 0 Å². The van der Waals surface area contributed by atoms with E-state index in [2.05, 4.69) is 14.2 Å². The van der Waals surface area contributed by atoms with Crippen LogP contribution in [-0.4, -0.2) is 31.4 Å². The average Bonchev–Trinajstić information content (AvgIpc) is 2.28. The first kappa shape index (κ1) is 7.84. The van der Waals surface area contributed by atoms with Crippen LogP contribution in [0.15, 0.2) is 0 Å². The topological polar surface area (TPSA) is 61.8 Å². The molecule has 0 saturated carbocycles. The second-order valence-corrected chi connectivity index (χ2v) is 2.13. The third-order valence-electron chi connectivity index (χ3n) is 1.37. The maximum Gasteiger partial charge on any atom is 0.509 e. The summed E-state index contributed by atoms with van der Waals surface area (Å²) in [7, 11) is 1.22. The highest BCUT2D eigenvalue weighted by Gasteiger charge is 2.39. The zero-order valence-corrected chi connectivity index (χ0v) is 6.20. The molecule has 0 amide bonds. The average molecular weight is 160 g/mol. The van der Waals surface area contributed by atoms with E-state index in [1.165, 1.54) is 7.11 Å². The Bertz CT molecular complexity index is 187. The predicted molar refractivity (Wildman–Crippen MR) is 32.8 cm³/mol. The molecule has 0 radical (unpaired) electrons. The maximum absolute atomic E-state index is 10.8. The van der Waals surface area contributed by atoms with E-state index in [1.54, 1.807) is 6.92 Å². The summed E-state index contributed by atoms with van der Waals surface area (Å²) >= 11 is 0. The van der Waals surface area contributed by atoms with Crippen molar-refractivity contribution in [3.05, 3.63) is 0 Å². The van der Waals surface area contributed by atoms with Crippen LogP contribution >= 0.6 is 0 Å². The molecule has 0 aromatic heterocycles. The van der Waals surface area contributed by atoms with Gasteiger partial charge >= 0.3 is 12.1 Å². The Balaban J connectivity index is 2.59. The van der Waals surface area contributed by atoms with Crippen molar-refractivity contribution in [1.29, 1.82) is 0 Å². The molecular formula is C6H8O5. The fourth-order valence-electron chi connectivity index (χ4n) is 0.797. The van der Waals surface area contributed by atoms with Crippen LogP contribution in [-0.2, 0) is 19.0 Å². The lowest BCUT2D eigenvalue weighted by Gasteiger charge is -2.06. The van der Waals surface area contributed by atoms with Crippen LogP contribution in [0.3, 0.4) is 0 Å². The Morgan fingerprint density at radius 1 is 1.55 bits per heavy atom. The Hall–Kier alpha value is -1.26. The quantitative estimate of drug-likeness (QED) is 0.508. The number of esters is 1. The minimum atomic E-state index is -0.910. The second kappa shape index (κ2) is 2.77. The Morgan fingerprint density at radius 2 is 2.18 bits per heavy atom. The van der Waals surface area contributed by atoms with Gasteiger partial charge in [-0.05, 0) is 6.92 Å². The van der Waals surface area contributed by atoms with Gasteiger partial charge in [-0.2, -0.15) is 0 Å². The van der Waals surface area contributed by atoms with E-state index >= 15 is 0 Å². The summed E-state index contributed by atoms with van der Waals surface area (Å²) in [5.41, 5.74) is 0. The van der Waals surface area contributed by atoms with Gasteiger partial charge in [0, 0.05) is 0 Å². The van der Waals surface area contributed by atoms with E-state index in [0.717, 1.165) is 0 Å². The largest absolute Gasteiger partial charge is 0.509 e. The van der Waals surface area contributed by atoms with Crippen molar-refractivity contribution in [2.45, 2.75) is 19.1 Å².